The number of imidazole rings is 1. The Bertz CT molecular complexity index is 5250. The summed E-state index contributed by atoms with van der Waals surface area (Å²) in [5.74, 6) is -2.26. The van der Waals surface area contributed by atoms with E-state index < -0.39 is 98.8 Å². The highest BCUT2D eigenvalue weighted by Gasteiger charge is 2.43. The van der Waals surface area contributed by atoms with Crippen molar-refractivity contribution in [1.29, 1.82) is 0 Å². The van der Waals surface area contributed by atoms with E-state index in [4.69, 9.17) is 31.7 Å². The van der Waals surface area contributed by atoms with Crippen LogP contribution in [0.3, 0.4) is 0 Å². The molecule has 0 aliphatic carbocycles. The van der Waals surface area contributed by atoms with Crippen molar-refractivity contribution in [2.45, 2.75) is 6.42 Å². The zero-order valence-corrected chi connectivity index (χ0v) is 59.2. The zero-order valence-electron chi connectivity index (χ0n) is 56.9. The standard InChI is InChI=1S/C23H18B2N2O5.C20H16B2N2O7.C15H18B2N2O5.C6H6BBrO2.C6H5BClFO2/c28-23-26(18-10-4-3-9-17(18)24(29)30)19-11-5-6-12-20(19)27(23)21-14-13-15-7-1-2-8-16(15)22(21)25(31)32;25-17-11-18(26)24(20(27)23(17)15-8-4-3-7-14(15)21(28)29)16-10-9-12-5-1-2-6-13(12)19(16)22(30)31;1-18(13-9-5-3-7-11(13)16(21)22)15(20)19(2)14-10-6-4-8-12(14)17(23)24;8-6-3-1-5(2-4-6)7(9)10;8-5-3-4(7(10)11)1-2-6(5)9/h1-14,29-32H;1-10,28-31H,11H2;3-10,21-24H,1-2H3;1-4,9-10H;1-3,10-11H. The second kappa shape index (κ2) is 36.5. The number of hydrogen-bond acceptors (Lipinski definition) is 21. The van der Waals surface area contributed by atoms with Crippen molar-refractivity contribution in [3.8, 4) is 11.4 Å². The molecular weight excluding hydrogens is 1480 g/mol. The molecule has 1 aliphatic heterocycles. The van der Waals surface area contributed by atoms with Gasteiger partial charge in [0.1, 0.15) is 12.2 Å². The molecule has 2 heterocycles. The number of urea groups is 2. The molecule has 1 fully saturated rings. The SMILES string of the molecule is CN(C(=O)N(C)c1ccccc1B(O)O)c1ccccc1B(O)O.O=C1CC(=O)N(c2ccc3ccccc3c2B(O)O)C(=O)N1c1ccccc1B(O)O.O=c1n(-c2ccccc2B(O)O)c2ccccc2n1-c1ccc2ccccc2c1B(O)O.OB(O)c1ccc(Br)cc1.OB(O)c1ccc(F)c(Cl)c1. The molecule has 1 aromatic heterocycles. The van der Waals surface area contributed by atoms with Gasteiger partial charge in [-0.2, -0.15) is 0 Å². The first kappa shape index (κ1) is 81.7. The lowest BCUT2D eigenvalue weighted by atomic mass is 9.75. The van der Waals surface area contributed by atoms with E-state index in [1.165, 1.54) is 93.7 Å². The number of nitrogens with zero attached hydrogens (tertiary/aromatic N) is 6. The van der Waals surface area contributed by atoms with Crippen molar-refractivity contribution >= 4 is 207 Å². The van der Waals surface area contributed by atoms with E-state index in [1.807, 2.05) is 18.2 Å². The molecule has 0 unspecified atom stereocenters. The lowest BCUT2D eigenvalue weighted by Gasteiger charge is -2.34. The first-order chi connectivity index (χ1) is 51.4. The second-order valence-electron chi connectivity index (χ2n) is 23.6. The normalized spacial score (nSPS) is 11.6. The number of amides is 6. The minimum Gasteiger partial charge on any atom is -0.423 e. The van der Waals surface area contributed by atoms with Crippen LogP contribution in [0.2, 0.25) is 5.02 Å². The Hall–Kier alpha value is -10.3. The van der Waals surface area contributed by atoms with Crippen molar-refractivity contribution in [3.63, 3.8) is 0 Å². The van der Waals surface area contributed by atoms with Gasteiger partial charge in [0.2, 0.25) is 11.8 Å². The summed E-state index contributed by atoms with van der Waals surface area (Å²) in [5, 5.41) is 154. The predicted octanol–water partition coefficient (Wildman–Crippen LogP) is -1.59. The third-order valence-corrected chi connectivity index (χ3v) is 17.7. The molecule has 38 heteroatoms. The summed E-state index contributed by atoms with van der Waals surface area (Å²) in [6, 6.07) is 61.5. The lowest BCUT2D eigenvalue weighted by Crippen LogP contribution is -2.58. The zero-order chi connectivity index (χ0) is 78.5. The van der Waals surface area contributed by atoms with Crippen LogP contribution in [0.4, 0.5) is 36.7 Å². The summed E-state index contributed by atoms with van der Waals surface area (Å²) in [6.07, 6.45) is -0.671. The van der Waals surface area contributed by atoms with Crippen LogP contribution in [0.25, 0.3) is 44.0 Å². The van der Waals surface area contributed by atoms with E-state index in [0.29, 0.717) is 65.2 Å². The Kier molecular flexibility index (Phi) is 27.6. The summed E-state index contributed by atoms with van der Waals surface area (Å²) in [7, 11) is -10.9. The molecule has 27 nitrogen and oxygen atoms in total. The predicted molar refractivity (Wildman–Crippen MR) is 421 cm³/mol. The topological polar surface area (TPSA) is 432 Å². The number of benzene rings is 11. The molecule has 1 aliphatic rings. The van der Waals surface area contributed by atoms with Gasteiger partial charge in [-0.15, -0.1) is 0 Å². The van der Waals surface area contributed by atoms with E-state index in [2.05, 4.69) is 15.9 Å². The van der Waals surface area contributed by atoms with Gasteiger partial charge in [-0.3, -0.25) is 28.5 Å². The third-order valence-electron chi connectivity index (χ3n) is 16.9. The number of hydrogen-bond donors (Lipinski definition) is 16. The third kappa shape index (κ3) is 18.4. The van der Waals surface area contributed by atoms with Gasteiger partial charge in [-0.25, -0.2) is 28.6 Å². The van der Waals surface area contributed by atoms with Crippen LogP contribution in [0, 0.1) is 5.82 Å². The maximum Gasteiger partial charge on any atom is 0.491 e. The number of fused-ring (bicyclic) bond motifs is 3. The molecule has 1 saturated heterocycles. The van der Waals surface area contributed by atoms with Crippen molar-refractivity contribution in [2.24, 2.45) is 0 Å². The van der Waals surface area contributed by atoms with Crippen LogP contribution in [0.1, 0.15) is 6.42 Å². The van der Waals surface area contributed by atoms with E-state index in [-0.39, 0.29) is 54.6 Å². The van der Waals surface area contributed by atoms with Crippen molar-refractivity contribution in [1.82, 2.24) is 9.13 Å². The summed E-state index contributed by atoms with van der Waals surface area (Å²) in [4.78, 5) is 69.0. The molecule has 11 aromatic carbocycles. The molecule has 544 valence electrons. The largest absolute Gasteiger partial charge is 0.491 e. The fourth-order valence-electron chi connectivity index (χ4n) is 11.8. The van der Waals surface area contributed by atoms with Gasteiger partial charge >= 0.3 is 74.7 Å². The van der Waals surface area contributed by atoms with Gasteiger partial charge in [-0.05, 0) is 105 Å². The summed E-state index contributed by atoms with van der Waals surface area (Å²) < 4.78 is 16.2. The fraction of sp³-hybridized carbons (Fsp3) is 0.0429. The molecule has 0 saturated carbocycles. The van der Waals surface area contributed by atoms with Crippen LogP contribution < -0.4 is 69.0 Å². The van der Waals surface area contributed by atoms with Gasteiger partial charge in [-0.1, -0.05) is 191 Å². The molecular formula is C70H63B8BrClFN6O21. The average molecular weight is 1550 g/mol. The highest BCUT2D eigenvalue weighted by atomic mass is 79.9. The Morgan fingerprint density at radius 1 is 0.398 bits per heavy atom. The first-order valence-electron chi connectivity index (χ1n) is 32.4. The average Bonchev–Trinajstić information content (AvgIpc) is 1.52. The van der Waals surface area contributed by atoms with Crippen LogP contribution in [-0.2, 0) is 9.59 Å². The Balaban J connectivity index is 0.000000166. The molecule has 13 rings (SSSR count). The van der Waals surface area contributed by atoms with Gasteiger partial charge in [0.25, 0.3) is 0 Å². The van der Waals surface area contributed by atoms with E-state index >= 15 is 0 Å². The number of imide groups is 2. The van der Waals surface area contributed by atoms with E-state index in [1.54, 1.807) is 152 Å². The van der Waals surface area contributed by atoms with E-state index in [9.17, 15) is 88.7 Å². The Labute approximate surface area is 630 Å². The lowest BCUT2D eigenvalue weighted by molar-refractivity contribution is -0.126. The van der Waals surface area contributed by atoms with Crippen molar-refractivity contribution in [2.75, 3.05) is 33.7 Å². The quantitative estimate of drug-likeness (QED) is 0.0431. The number of para-hydroxylation sites is 6. The monoisotopic (exact) mass is 1540 g/mol. The molecule has 0 radical (unpaired) electrons. The molecule has 0 spiro atoms. The molecule has 108 heavy (non-hydrogen) atoms. The van der Waals surface area contributed by atoms with E-state index in [0.717, 1.165) is 15.9 Å². The van der Waals surface area contributed by atoms with Crippen LogP contribution >= 0.6 is 27.5 Å². The minimum atomic E-state index is -2.00. The number of rotatable bonds is 14. The number of aromatic nitrogens is 2. The Morgan fingerprint density at radius 2 is 0.769 bits per heavy atom. The maximum absolute atomic E-state index is 13.8. The first-order valence-corrected chi connectivity index (χ1v) is 33.6. The van der Waals surface area contributed by atoms with Gasteiger partial charge in [0.05, 0.1) is 38.8 Å². The second-order valence-corrected chi connectivity index (χ2v) is 25.0. The molecule has 0 atom stereocenters. The fourth-order valence-corrected chi connectivity index (χ4v) is 12.2. The maximum atomic E-state index is 13.8. The molecule has 0 bridgehead atoms. The number of barbiturate groups is 1. The minimum absolute atomic E-state index is 0.0652. The number of halogens is 3. The smallest absolute Gasteiger partial charge is 0.423 e. The number of anilines is 4. The summed E-state index contributed by atoms with van der Waals surface area (Å²) >= 11 is 8.59. The number of carbonyl (C=O) groups is 4. The highest BCUT2D eigenvalue weighted by molar-refractivity contribution is 9.10. The number of carbonyl (C=O) groups excluding carboxylic acids is 4. The van der Waals surface area contributed by atoms with Gasteiger partial charge < -0.3 is 80.4 Å². The Morgan fingerprint density at radius 3 is 1.22 bits per heavy atom. The molecule has 12 aromatic rings. The van der Waals surface area contributed by atoms with Gasteiger partial charge in [0, 0.05) is 62.7 Å². The molecule has 16 N–H and O–H groups in total. The molecule has 6 amide bonds. The van der Waals surface area contributed by atoms with Crippen molar-refractivity contribution in [3.05, 3.63) is 262 Å². The van der Waals surface area contributed by atoms with Crippen LogP contribution in [0.5, 0.6) is 0 Å². The highest BCUT2D eigenvalue weighted by Crippen LogP contribution is 2.29. The van der Waals surface area contributed by atoms with Crippen LogP contribution in [-0.4, -0.2) is 184 Å². The summed E-state index contributed by atoms with van der Waals surface area (Å²) in [5.41, 5.74) is 3.07. The van der Waals surface area contributed by atoms with Crippen LogP contribution in [0.15, 0.2) is 246 Å². The van der Waals surface area contributed by atoms with Gasteiger partial charge in [0.15, 0.2) is 0 Å². The summed E-state index contributed by atoms with van der Waals surface area (Å²) in [6.45, 7) is 0. The van der Waals surface area contributed by atoms with Crippen molar-refractivity contribution < 1.29 is 104 Å².